The van der Waals surface area contributed by atoms with E-state index in [1.54, 1.807) is 0 Å². The summed E-state index contributed by atoms with van der Waals surface area (Å²) in [6.45, 7) is 3.89. The van der Waals surface area contributed by atoms with Crippen LogP contribution in [0.1, 0.15) is 23.5 Å². The second-order valence-electron chi connectivity index (χ2n) is 9.00. The number of carboxylic acid groups (broad SMARTS) is 1. The number of nitrogens with one attached hydrogen (secondary N) is 1. The van der Waals surface area contributed by atoms with Gasteiger partial charge in [0.25, 0.3) is 0 Å². The van der Waals surface area contributed by atoms with Crippen LogP contribution in [0.2, 0.25) is 0 Å². The van der Waals surface area contributed by atoms with Crippen LogP contribution in [0, 0.1) is 0 Å². The molecule has 0 aliphatic heterocycles. The zero-order chi connectivity index (χ0) is 24.4. The van der Waals surface area contributed by atoms with Crippen LogP contribution in [-0.4, -0.2) is 88.4 Å². The van der Waals surface area contributed by atoms with Crippen molar-refractivity contribution < 1.29 is 33.4 Å². The predicted octanol–water partition coefficient (Wildman–Crippen LogP) is 3.11. The van der Waals surface area contributed by atoms with Crippen molar-refractivity contribution in [2.75, 3.05) is 66.8 Å². The zero-order valence-electron chi connectivity index (χ0n) is 20.0. The normalized spacial score (nSPS) is 12.8. The zero-order valence-corrected chi connectivity index (χ0v) is 20.0. The molecule has 0 spiro atoms. The van der Waals surface area contributed by atoms with E-state index in [4.69, 9.17) is 19.3 Å². The van der Waals surface area contributed by atoms with Gasteiger partial charge in [-0.1, -0.05) is 48.5 Å². The fraction of sp³-hybridized carbons (Fsp3) is 0.462. The molecular formula is C26H35N2O6+. The summed E-state index contributed by atoms with van der Waals surface area (Å²) >= 11 is 0. The lowest BCUT2D eigenvalue weighted by molar-refractivity contribution is -0.889. The topological polar surface area (TPSA) is 94.1 Å². The van der Waals surface area contributed by atoms with E-state index in [2.05, 4.69) is 43.7 Å². The molecule has 0 heterocycles. The minimum absolute atomic E-state index is 0.000591. The summed E-state index contributed by atoms with van der Waals surface area (Å²) in [7, 11) is 4.15. The highest BCUT2D eigenvalue weighted by atomic mass is 16.5. The third-order valence-electron chi connectivity index (χ3n) is 6.00. The molecule has 1 aliphatic carbocycles. The molecule has 0 saturated carbocycles. The molecule has 2 aromatic rings. The summed E-state index contributed by atoms with van der Waals surface area (Å²) in [5, 5.41) is 11.4. The van der Waals surface area contributed by atoms with Crippen molar-refractivity contribution in [1.29, 1.82) is 0 Å². The van der Waals surface area contributed by atoms with Crippen LogP contribution in [-0.2, 0) is 19.0 Å². The Morgan fingerprint density at radius 2 is 1.47 bits per heavy atom. The molecule has 0 saturated heterocycles. The molecular weight excluding hydrogens is 436 g/mol. The summed E-state index contributed by atoms with van der Waals surface area (Å²) in [6, 6.07) is 16.5. The molecule has 3 rings (SSSR count). The monoisotopic (exact) mass is 471 g/mol. The highest BCUT2D eigenvalue weighted by molar-refractivity contribution is 5.79. The van der Waals surface area contributed by atoms with Gasteiger partial charge in [0.2, 0.25) is 0 Å². The van der Waals surface area contributed by atoms with E-state index in [9.17, 15) is 9.59 Å². The van der Waals surface area contributed by atoms with Crippen LogP contribution in [0.3, 0.4) is 0 Å². The second kappa shape index (κ2) is 12.5. The first-order chi connectivity index (χ1) is 16.4. The number of hydrogen-bond donors (Lipinski definition) is 2. The van der Waals surface area contributed by atoms with Crippen LogP contribution in [0.4, 0.5) is 4.79 Å². The van der Waals surface area contributed by atoms with Crippen LogP contribution < -0.4 is 5.32 Å². The number of aliphatic carboxylic acids is 1. The number of benzene rings is 2. The summed E-state index contributed by atoms with van der Waals surface area (Å²) in [6.07, 6.45) is -0.405. The first-order valence-corrected chi connectivity index (χ1v) is 11.7. The van der Waals surface area contributed by atoms with Gasteiger partial charge in [-0.05, 0) is 22.3 Å². The number of amides is 1. The van der Waals surface area contributed by atoms with Crippen LogP contribution >= 0.6 is 0 Å². The van der Waals surface area contributed by atoms with E-state index in [0.717, 1.165) is 13.1 Å². The first kappa shape index (κ1) is 25.7. The Hall–Kier alpha value is -2.94. The van der Waals surface area contributed by atoms with Gasteiger partial charge in [0.1, 0.15) is 13.2 Å². The fourth-order valence-corrected chi connectivity index (χ4v) is 4.02. The van der Waals surface area contributed by atoms with Crippen molar-refractivity contribution in [2.45, 2.75) is 12.3 Å². The van der Waals surface area contributed by atoms with Crippen molar-refractivity contribution in [1.82, 2.24) is 5.32 Å². The van der Waals surface area contributed by atoms with E-state index in [1.807, 2.05) is 24.3 Å². The van der Waals surface area contributed by atoms with Crippen molar-refractivity contribution in [3.05, 3.63) is 59.7 Å². The first-order valence-electron chi connectivity index (χ1n) is 11.7. The lowest BCUT2D eigenvalue weighted by atomic mass is 9.98. The van der Waals surface area contributed by atoms with Crippen molar-refractivity contribution in [2.24, 2.45) is 0 Å². The van der Waals surface area contributed by atoms with E-state index >= 15 is 0 Å². The van der Waals surface area contributed by atoms with Gasteiger partial charge < -0.3 is 29.1 Å². The molecule has 0 fully saturated rings. The third kappa shape index (κ3) is 7.55. The maximum atomic E-state index is 12.3. The van der Waals surface area contributed by atoms with Crippen molar-refractivity contribution in [3.8, 4) is 11.1 Å². The standard InChI is InChI=1S/C26H34N2O6/c1-28(2,14-16-33-18-17-32-15-11-25(29)30)13-12-27-26(31)34-19-24-22-9-5-3-7-20(22)21-8-4-6-10-23(21)24/h3-10,24H,11-19H2,1-2H3,(H-,27,29,30,31)/p+1. The van der Waals surface area contributed by atoms with Crippen molar-refractivity contribution >= 4 is 12.1 Å². The third-order valence-corrected chi connectivity index (χ3v) is 6.00. The number of likely N-dealkylation sites (N-methyl/N-ethyl adjacent to an activating group) is 1. The largest absolute Gasteiger partial charge is 0.481 e. The van der Waals surface area contributed by atoms with Crippen LogP contribution in [0.5, 0.6) is 0 Å². The SMILES string of the molecule is C[N+](C)(CCNC(=O)OCC1c2ccccc2-c2ccccc21)CCOCCOCCC(=O)O. The lowest BCUT2D eigenvalue weighted by Gasteiger charge is -2.29. The number of fused-ring (bicyclic) bond motifs is 3. The summed E-state index contributed by atoms with van der Waals surface area (Å²) in [5.74, 6) is -0.817. The summed E-state index contributed by atoms with van der Waals surface area (Å²) in [5.41, 5.74) is 4.81. The number of alkyl carbamates (subject to hydrolysis) is 1. The predicted molar refractivity (Wildman–Crippen MR) is 129 cm³/mol. The number of nitrogens with zero attached hydrogens (tertiary/aromatic N) is 1. The van der Waals surface area contributed by atoms with Gasteiger partial charge in [0.05, 0.1) is 60.0 Å². The number of carboxylic acids is 1. The molecule has 0 atom stereocenters. The number of carbonyl (C=O) groups is 2. The van der Waals surface area contributed by atoms with E-state index in [-0.39, 0.29) is 18.9 Å². The Labute approximate surface area is 201 Å². The molecule has 1 amide bonds. The number of ether oxygens (including phenoxy) is 3. The number of quaternary nitrogens is 1. The average molecular weight is 472 g/mol. The van der Waals surface area contributed by atoms with Gasteiger partial charge in [-0.15, -0.1) is 0 Å². The maximum Gasteiger partial charge on any atom is 0.407 e. The Morgan fingerprint density at radius 3 is 2.09 bits per heavy atom. The number of carbonyl (C=O) groups excluding carboxylic acids is 1. The molecule has 0 unspecified atom stereocenters. The minimum atomic E-state index is -0.869. The molecule has 184 valence electrons. The van der Waals surface area contributed by atoms with Gasteiger partial charge in [0, 0.05) is 5.92 Å². The highest BCUT2D eigenvalue weighted by Gasteiger charge is 2.29. The maximum absolute atomic E-state index is 12.3. The molecule has 2 aromatic carbocycles. The second-order valence-corrected chi connectivity index (χ2v) is 9.00. The highest BCUT2D eigenvalue weighted by Crippen LogP contribution is 2.44. The molecule has 2 N–H and O–H groups in total. The smallest absolute Gasteiger partial charge is 0.407 e. The summed E-state index contributed by atoms with van der Waals surface area (Å²) in [4.78, 5) is 22.7. The molecule has 0 aromatic heterocycles. The Kier molecular flexibility index (Phi) is 9.44. The minimum Gasteiger partial charge on any atom is -0.481 e. The Morgan fingerprint density at radius 1 is 0.882 bits per heavy atom. The van der Waals surface area contributed by atoms with Gasteiger partial charge in [-0.2, -0.15) is 0 Å². The number of hydrogen-bond acceptors (Lipinski definition) is 5. The fourth-order valence-electron chi connectivity index (χ4n) is 4.02. The molecule has 0 bridgehead atoms. The molecule has 0 radical (unpaired) electrons. The Bertz CT molecular complexity index is 916. The summed E-state index contributed by atoms with van der Waals surface area (Å²) < 4.78 is 17.0. The van der Waals surface area contributed by atoms with Gasteiger partial charge in [-0.25, -0.2) is 4.79 Å². The van der Waals surface area contributed by atoms with E-state index in [1.165, 1.54) is 22.3 Å². The Balaban J connectivity index is 1.32. The van der Waals surface area contributed by atoms with Crippen LogP contribution in [0.15, 0.2) is 48.5 Å². The number of rotatable bonds is 14. The molecule has 1 aliphatic rings. The molecule has 8 nitrogen and oxygen atoms in total. The molecule has 8 heteroatoms. The van der Waals surface area contributed by atoms with Gasteiger partial charge in [0.15, 0.2) is 0 Å². The van der Waals surface area contributed by atoms with Gasteiger partial charge in [-0.3, -0.25) is 4.79 Å². The van der Waals surface area contributed by atoms with E-state index in [0.29, 0.717) is 37.5 Å². The van der Waals surface area contributed by atoms with Gasteiger partial charge >= 0.3 is 12.1 Å². The lowest BCUT2D eigenvalue weighted by Crippen LogP contribution is -2.47. The molecule has 34 heavy (non-hydrogen) atoms. The van der Waals surface area contributed by atoms with Crippen LogP contribution in [0.25, 0.3) is 11.1 Å². The van der Waals surface area contributed by atoms with Crippen molar-refractivity contribution in [3.63, 3.8) is 0 Å². The average Bonchev–Trinajstić information content (AvgIpc) is 3.13. The van der Waals surface area contributed by atoms with E-state index < -0.39 is 12.1 Å². The quantitative estimate of drug-likeness (QED) is 0.325.